The predicted molar refractivity (Wildman–Crippen MR) is 91.2 cm³/mol. The maximum Gasteiger partial charge on any atom is 0.240 e. The van der Waals surface area contributed by atoms with Crippen molar-refractivity contribution in [2.75, 3.05) is 19.6 Å². The number of benzene rings is 1. The van der Waals surface area contributed by atoms with Crippen molar-refractivity contribution in [3.05, 3.63) is 35.4 Å². The Kier molecular flexibility index (Phi) is 4.27. The zero-order chi connectivity index (χ0) is 16.5. The smallest absolute Gasteiger partial charge is 0.240 e. The highest BCUT2D eigenvalue weighted by Gasteiger charge is 2.37. The highest BCUT2D eigenvalue weighted by atomic mass is 16.2. The van der Waals surface area contributed by atoms with Gasteiger partial charge in [0.15, 0.2) is 0 Å². The molecule has 2 atom stereocenters. The summed E-state index contributed by atoms with van der Waals surface area (Å²) in [5.74, 6) is 0.0750. The van der Waals surface area contributed by atoms with Gasteiger partial charge in [0.2, 0.25) is 11.8 Å². The zero-order valence-electron chi connectivity index (χ0n) is 14.0. The summed E-state index contributed by atoms with van der Waals surface area (Å²) < 4.78 is 0. The maximum atomic E-state index is 12.6. The molecular weight excluding hydrogens is 302 g/mol. The van der Waals surface area contributed by atoms with Crippen LogP contribution in [0.25, 0.3) is 0 Å². The molecule has 1 aromatic rings. The van der Waals surface area contributed by atoms with E-state index in [1.54, 1.807) is 4.90 Å². The average Bonchev–Trinajstić information content (AvgIpc) is 2.99. The minimum Gasteiger partial charge on any atom is -0.346 e. The third-order valence-electron chi connectivity index (χ3n) is 5.63. The molecule has 2 fully saturated rings. The Morgan fingerprint density at radius 2 is 2.04 bits per heavy atom. The molecule has 0 radical (unpaired) electrons. The first-order valence-corrected chi connectivity index (χ1v) is 9.11. The Balaban J connectivity index is 1.53. The van der Waals surface area contributed by atoms with Crippen LogP contribution in [0, 0.1) is 0 Å². The van der Waals surface area contributed by atoms with Gasteiger partial charge in [-0.1, -0.05) is 30.7 Å². The fraction of sp³-hybridized carbons (Fsp3) is 0.579. The number of hydrogen-bond acceptors (Lipinski definition) is 3. The monoisotopic (exact) mass is 327 g/mol. The first-order chi connectivity index (χ1) is 11.7. The average molecular weight is 327 g/mol. The molecule has 2 saturated heterocycles. The van der Waals surface area contributed by atoms with E-state index in [-0.39, 0.29) is 24.4 Å². The lowest BCUT2D eigenvalue weighted by atomic mass is 9.84. The molecule has 3 aliphatic heterocycles. The predicted octanol–water partition coefficient (Wildman–Crippen LogP) is 1.83. The molecule has 3 heterocycles. The molecule has 128 valence electrons. The van der Waals surface area contributed by atoms with E-state index in [0.29, 0.717) is 19.0 Å². The highest BCUT2D eigenvalue weighted by molar-refractivity contribution is 5.86. The number of hydrogen-bond donors (Lipinski definition) is 1. The third kappa shape index (κ3) is 2.93. The lowest BCUT2D eigenvalue weighted by molar-refractivity contribution is -0.133. The third-order valence-corrected chi connectivity index (χ3v) is 5.63. The molecule has 2 amide bonds. The fourth-order valence-electron chi connectivity index (χ4n) is 4.44. The Morgan fingerprint density at radius 3 is 2.88 bits per heavy atom. The SMILES string of the molecule is O=C(CN1CCCC1=O)N[C@H]1c2ccccc2CN2CCCC[C@@H]12. The largest absolute Gasteiger partial charge is 0.346 e. The van der Waals surface area contributed by atoms with Crippen LogP contribution in [0.15, 0.2) is 24.3 Å². The lowest BCUT2D eigenvalue weighted by Gasteiger charge is -2.45. The number of carbonyl (C=O) groups excluding carboxylic acids is 2. The normalized spacial score (nSPS) is 26.8. The summed E-state index contributed by atoms with van der Waals surface area (Å²) >= 11 is 0. The van der Waals surface area contributed by atoms with Gasteiger partial charge in [-0.2, -0.15) is 0 Å². The van der Waals surface area contributed by atoms with Crippen molar-refractivity contribution in [1.82, 2.24) is 15.1 Å². The molecule has 0 saturated carbocycles. The summed E-state index contributed by atoms with van der Waals surface area (Å²) in [6.07, 6.45) is 5.04. The van der Waals surface area contributed by atoms with Crippen LogP contribution in [-0.4, -0.2) is 47.3 Å². The van der Waals surface area contributed by atoms with E-state index in [0.717, 1.165) is 25.9 Å². The molecule has 0 unspecified atom stereocenters. The molecule has 0 aromatic heterocycles. The maximum absolute atomic E-state index is 12.6. The van der Waals surface area contributed by atoms with Gasteiger partial charge >= 0.3 is 0 Å². The Bertz CT molecular complexity index is 645. The second kappa shape index (κ2) is 6.55. The number of nitrogens with one attached hydrogen (secondary N) is 1. The van der Waals surface area contributed by atoms with E-state index in [1.165, 1.54) is 24.0 Å². The Hall–Kier alpha value is -1.88. The van der Waals surface area contributed by atoms with Crippen LogP contribution in [-0.2, 0) is 16.1 Å². The van der Waals surface area contributed by atoms with Gasteiger partial charge in [0, 0.05) is 25.6 Å². The number of rotatable bonds is 3. The quantitative estimate of drug-likeness (QED) is 0.921. The van der Waals surface area contributed by atoms with Crippen LogP contribution < -0.4 is 5.32 Å². The van der Waals surface area contributed by atoms with E-state index < -0.39 is 0 Å². The van der Waals surface area contributed by atoms with Crippen LogP contribution in [0.1, 0.15) is 49.3 Å². The van der Waals surface area contributed by atoms with Crippen LogP contribution >= 0.6 is 0 Å². The number of likely N-dealkylation sites (tertiary alicyclic amines) is 1. The van der Waals surface area contributed by atoms with E-state index in [4.69, 9.17) is 0 Å². The van der Waals surface area contributed by atoms with Crippen molar-refractivity contribution >= 4 is 11.8 Å². The fourth-order valence-corrected chi connectivity index (χ4v) is 4.44. The Morgan fingerprint density at radius 1 is 1.17 bits per heavy atom. The summed E-state index contributed by atoms with van der Waals surface area (Å²) in [5.41, 5.74) is 2.57. The van der Waals surface area contributed by atoms with Crippen LogP contribution in [0.4, 0.5) is 0 Å². The zero-order valence-corrected chi connectivity index (χ0v) is 14.0. The van der Waals surface area contributed by atoms with Gasteiger partial charge in [-0.05, 0) is 36.9 Å². The second-order valence-corrected chi connectivity index (χ2v) is 7.20. The lowest BCUT2D eigenvalue weighted by Crippen LogP contribution is -2.52. The van der Waals surface area contributed by atoms with Crippen molar-refractivity contribution in [1.29, 1.82) is 0 Å². The standard InChI is InChI=1S/C19H25N3O2/c23-17(13-22-11-5-9-18(22)24)20-19-15-7-2-1-6-14(15)12-21-10-4-3-8-16(19)21/h1-2,6-7,16,19H,3-5,8-13H2,(H,20,23)/t16-,19-/m0/s1. The van der Waals surface area contributed by atoms with E-state index >= 15 is 0 Å². The van der Waals surface area contributed by atoms with Gasteiger partial charge in [-0.15, -0.1) is 0 Å². The van der Waals surface area contributed by atoms with Crippen LogP contribution in [0.2, 0.25) is 0 Å². The molecule has 1 aromatic carbocycles. The number of carbonyl (C=O) groups is 2. The molecule has 1 N–H and O–H groups in total. The van der Waals surface area contributed by atoms with Gasteiger partial charge in [-0.3, -0.25) is 14.5 Å². The summed E-state index contributed by atoms with van der Waals surface area (Å²) in [4.78, 5) is 28.5. The molecule has 4 rings (SSSR count). The topological polar surface area (TPSA) is 52.7 Å². The number of nitrogens with zero attached hydrogens (tertiary/aromatic N) is 2. The van der Waals surface area contributed by atoms with E-state index in [2.05, 4.69) is 34.5 Å². The molecular formula is C19H25N3O2. The Labute approximate surface area is 143 Å². The first-order valence-electron chi connectivity index (χ1n) is 9.11. The van der Waals surface area contributed by atoms with Crippen LogP contribution in [0.5, 0.6) is 0 Å². The number of amides is 2. The van der Waals surface area contributed by atoms with Gasteiger partial charge in [0.25, 0.3) is 0 Å². The number of fused-ring (bicyclic) bond motifs is 2. The molecule has 5 heteroatoms. The van der Waals surface area contributed by atoms with Crippen molar-refractivity contribution < 1.29 is 9.59 Å². The minimum atomic E-state index is -0.0301. The summed E-state index contributed by atoms with van der Waals surface area (Å²) in [7, 11) is 0. The van der Waals surface area contributed by atoms with Gasteiger partial charge in [0.1, 0.15) is 0 Å². The van der Waals surface area contributed by atoms with Crippen molar-refractivity contribution in [3.63, 3.8) is 0 Å². The van der Waals surface area contributed by atoms with Crippen LogP contribution in [0.3, 0.4) is 0 Å². The van der Waals surface area contributed by atoms with Gasteiger partial charge in [-0.25, -0.2) is 0 Å². The van der Waals surface area contributed by atoms with Crippen molar-refractivity contribution in [3.8, 4) is 0 Å². The minimum absolute atomic E-state index is 0.0301. The molecule has 0 aliphatic carbocycles. The number of piperidine rings is 1. The second-order valence-electron chi connectivity index (χ2n) is 7.20. The molecule has 5 nitrogen and oxygen atoms in total. The summed E-state index contributed by atoms with van der Waals surface area (Å²) in [5, 5.41) is 3.25. The molecule has 3 aliphatic rings. The van der Waals surface area contributed by atoms with Crippen molar-refractivity contribution in [2.24, 2.45) is 0 Å². The first kappa shape index (κ1) is 15.6. The summed E-state index contributed by atoms with van der Waals surface area (Å²) in [6, 6.07) is 8.87. The van der Waals surface area contributed by atoms with Crippen molar-refractivity contribution in [2.45, 2.75) is 50.7 Å². The highest BCUT2D eigenvalue weighted by Crippen LogP contribution is 2.36. The van der Waals surface area contributed by atoms with E-state index in [1.807, 2.05) is 0 Å². The molecule has 0 spiro atoms. The molecule has 0 bridgehead atoms. The van der Waals surface area contributed by atoms with Gasteiger partial charge in [0.05, 0.1) is 12.6 Å². The van der Waals surface area contributed by atoms with Gasteiger partial charge < -0.3 is 10.2 Å². The molecule has 24 heavy (non-hydrogen) atoms. The van der Waals surface area contributed by atoms with E-state index in [9.17, 15) is 9.59 Å². The summed E-state index contributed by atoms with van der Waals surface area (Å²) in [6.45, 7) is 3.00.